The molecule has 0 saturated heterocycles. The van der Waals surface area contributed by atoms with E-state index in [9.17, 15) is 9.59 Å². The fourth-order valence-corrected chi connectivity index (χ4v) is 3.21. The van der Waals surface area contributed by atoms with Gasteiger partial charge in [0.2, 0.25) is 5.91 Å². The maximum atomic E-state index is 12.4. The molecule has 32 heavy (non-hydrogen) atoms. The van der Waals surface area contributed by atoms with Crippen LogP contribution in [-0.4, -0.2) is 34.2 Å². The third-order valence-corrected chi connectivity index (χ3v) is 5.03. The molecule has 0 unspecified atom stereocenters. The van der Waals surface area contributed by atoms with Crippen molar-refractivity contribution in [1.82, 2.24) is 20.5 Å². The number of aromatic nitrogens is 3. The van der Waals surface area contributed by atoms with Crippen LogP contribution in [0.2, 0.25) is 0 Å². The monoisotopic (exact) mass is 434 g/mol. The molecule has 1 heterocycles. The Kier molecular flexibility index (Phi) is 8.98. The van der Waals surface area contributed by atoms with E-state index in [4.69, 9.17) is 4.74 Å². The molecule has 2 N–H and O–H groups in total. The highest BCUT2D eigenvalue weighted by Gasteiger charge is 2.10. The van der Waals surface area contributed by atoms with Gasteiger partial charge >= 0.3 is 0 Å². The topological polar surface area (TPSA) is 97.0 Å². The number of aromatic amines is 1. The molecular weight excluding hydrogens is 404 g/mol. The summed E-state index contributed by atoms with van der Waals surface area (Å²) in [5.41, 5.74) is 1.90. The smallest absolute Gasteiger partial charge is 0.273 e. The number of nitrogens with zero attached hydrogens (tertiary/aromatic N) is 2. The molecule has 0 spiro atoms. The first-order valence-corrected chi connectivity index (χ1v) is 11.2. The minimum Gasteiger partial charge on any atom is -0.494 e. The molecule has 3 aromatic rings. The number of hydrogen-bond acceptors (Lipinski definition) is 5. The van der Waals surface area contributed by atoms with Crippen molar-refractivity contribution < 1.29 is 9.53 Å². The van der Waals surface area contributed by atoms with E-state index in [0.29, 0.717) is 19.0 Å². The zero-order valence-corrected chi connectivity index (χ0v) is 18.5. The number of nitrogens with one attached hydrogen (secondary N) is 2. The molecule has 168 valence electrons. The van der Waals surface area contributed by atoms with E-state index in [2.05, 4.69) is 39.6 Å². The highest BCUT2D eigenvalue weighted by Crippen LogP contribution is 2.20. The van der Waals surface area contributed by atoms with Crippen LogP contribution in [0.3, 0.4) is 0 Å². The van der Waals surface area contributed by atoms with Crippen molar-refractivity contribution in [2.45, 2.75) is 45.4 Å². The van der Waals surface area contributed by atoms with Crippen LogP contribution in [-0.2, 0) is 17.6 Å². The van der Waals surface area contributed by atoms with Gasteiger partial charge in [0, 0.05) is 24.9 Å². The first-order chi connectivity index (χ1) is 15.7. The van der Waals surface area contributed by atoms with Gasteiger partial charge < -0.3 is 15.0 Å². The maximum absolute atomic E-state index is 12.4. The second-order valence-electron chi connectivity index (χ2n) is 7.62. The number of aryl methyl sites for hydroxylation is 2. The summed E-state index contributed by atoms with van der Waals surface area (Å²) >= 11 is 0. The lowest BCUT2D eigenvalue weighted by Crippen LogP contribution is -2.26. The van der Waals surface area contributed by atoms with E-state index in [1.54, 1.807) is 0 Å². The molecule has 2 aromatic carbocycles. The Morgan fingerprint density at radius 2 is 1.88 bits per heavy atom. The SMILES string of the molecule is CCCCOc1cccc(-c2nnc(CCC(=O)NCCCc3ccccc3)c(=O)[nH]2)c1. The molecule has 0 aliphatic rings. The number of hydrogen-bond donors (Lipinski definition) is 2. The molecule has 1 amide bonds. The number of carbonyl (C=O) groups excluding carboxylic acids is 1. The molecule has 0 radical (unpaired) electrons. The molecule has 3 rings (SSSR count). The highest BCUT2D eigenvalue weighted by atomic mass is 16.5. The minimum absolute atomic E-state index is 0.0970. The lowest BCUT2D eigenvalue weighted by Gasteiger charge is -2.07. The van der Waals surface area contributed by atoms with E-state index in [1.165, 1.54) is 5.56 Å². The summed E-state index contributed by atoms with van der Waals surface area (Å²) in [5, 5.41) is 11.1. The van der Waals surface area contributed by atoms with Crippen LogP contribution >= 0.6 is 0 Å². The number of amides is 1. The zero-order chi connectivity index (χ0) is 22.6. The van der Waals surface area contributed by atoms with Gasteiger partial charge in [-0.05, 0) is 37.0 Å². The highest BCUT2D eigenvalue weighted by molar-refractivity contribution is 5.76. The van der Waals surface area contributed by atoms with Crippen molar-refractivity contribution in [3.63, 3.8) is 0 Å². The number of unbranched alkanes of at least 4 members (excludes halogenated alkanes) is 1. The normalized spacial score (nSPS) is 10.7. The van der Waals surface area contributed by atoms with Gasteiger partial charge in [-0.3, -0.25) is 9.59 Å². The van der Waals surface area contributed by atoms with Crippen molar-refractivity contribution in [3.8, 4) is 17.1 Å². The van der Waals surface area contributed by atoms with Crippen LogP contribution in [0.1, 0.15) is 43.9 Å². The van der Waals surface area contributed by atoms with E-state index >= 15 is 0 Å². The van der Waals surface area contributed by atoms with Gasteiger partial charge in [-0.15, -0.1) is 10.2 Å². The fourth-order valence-electron chi connectivity index (χ4n) is 3.21. The van der Waals surface area contributed by atoms with Gasteiger partial charge in [-0.25, -0.2) is 0 Å². The standard InChI is InChI=1S/C25H30N4O3/c1-2-3-17-32-21-13-7-12-20(18-21)24-27-25(31)22(28-29-24)14-15-23(30)26-16-8-11-19-9-5-4-6-10-19/h4-7,9-10,12-13,18H,2-3,8,11,14-17H2,1H3,(H,26,30)(H,27,29,31). The van der Waals surface area contributed by atoms with E-state index in [0.717, 1.165) is 37.0 Å². The Labute approximate surface area is 188 Å². The van der Waals surface area contributed by atoms with Gasteiger partial charge in [-0.2, -0.15) is 0 Å². The Balaban J connectivity index is 1.47. The molecular formula is C25H30N4O3. The number of benzene rings is 2. The Bertz CT molecular complexity index is 1050. The van der Waals surface area contributed by atoms with Crippen molar-refractivity contribution in [2.75, 3.05) is 13.2 Å². The number of ether oxygens (including phenoxy) is 1. The summed E-state index contributed by atoms with van der Waals surface area (Å²) in [6.07, 6.45) is 4.27. The molecule has 7 nitrogen and oxygen atoms in total. The summed E-state index contributed by atoms with van der Waals surface area (Å²) in [7, 11) is 0. The molecule has 0 saturated carbocycles. The third-order valence-electron chi connectivity index (χ3n) is 5.03. The fraction of sp³-hybridized carbons (Fsp3) is 0.360. The molecule has 0 bridgehead atoms. The largest absolute Gasteiger partial charge is 0.494 e. The Hall–Kier alpha value is -3.48. The first kappa shape index (κ1) is 23.2. The summed E-state index contributed by atoms with van der Waals surface area (Å²) in [5.74, 6) is 1.01. The van der Waals surface area contributed by atoms with Crippen molar-refractivity contribution in [1.29, 1.82) is 0 Å². The number of H-pyrrole nitrogens is 1. The number of carbonyl (C=O) groups is 1. The quantitative estimate of drug-likeness (QED) is 0.424. The Morgan fingerprint density at radius 1 is 1.03 bits per heavy atom. The van der Waals surface area contributed by atoms with E-state index in [-0.39, 0.29) is 30.0 Å². The zero-order valence-electron chi connectivity index (χ0n) is 18.5. The molecule has 0 atom stereocenters. The van der Waals surface area contributed by atoms with Crippen LogP contribution in [0, 0.1) is 0 Å². The van der Waals surface area contributed by atoms with Gasteiger partial charge in [0.15, 0.2) is 5.82 Å². The lowest BCUT2D eigenvalue weighted by molar-refractivity contribution is -0.121. The predicted octanol–water partition coefficient (Wildman–Crippen LogP) is 3.69. The van der Waals surface area contributed by atoms with Crippen LogP contribution < -0.4 is 15.6 Å². The third kappa shape index (κ3) is 7.34. The van der Waals surface area contributed by atoms with Crippen molar-refractivity contribution in [2.24, 2.45) is 0 Å². The second-order valence-corrected chi connectivity index (χ2v) is 7.62. The maximum Gasteiger partial charge on any atom is 0.273 e. The lowest BCUT2D eigenvalue weighted by atomic mass is 10.1. The molecule has 0 aliphatic carbocycles. The van der Waals surface area contributed by atoms with Crippen LogP contribution in [0.4, 0.5) is 0 Å². The predicted molar refractivity (Wildman–Crippen MR) is 125 cm³/mol. The average Bonchev–Trinajstić information content (AvgIpc) is 2.82. The summed E-state index contributed by atoms with van der Waals surface area (Å²) < 4.78 is 5.71. The average molecular weight is 435 g/mol. The van der Waals surface area contributed by atoms with E-state index < -0.39 is 0 Å². The second kappa shape index (κ2) is 12.4. The first-order valence-electron chi connectivity index (χ1n) is 11.2. The van der Waals surface area contributed by atoms with Crippen LogP contribution in [0.25, 0.3) is 11.4 Å². The number of rotatable bonds is 12. The molecule has 7 heteroatoms. The van der Waals surface area contributed by atoms with Gasteiger partial charge in [0.25, 0.3) is 5.56 Å². The molecule has 1 aromatic heterocycles. The minimum atomic E-state index is -0.329. The van der Waals surface area contributed by atoms with Gasteiger partial charge in [-0.1, -0.05) is 55.8 Å². The van der Waals surface area contributed by atoms with Gasteiger partial charge in [0.1, 0.15) is 11.4 Å². The van der Waals surface area contributed by atoms with Crippen LogP contribution in [0.5, 0.6) is 5.75 Å². The Morgan fingerprint density at radius 3 is 2.66 bits per heavy atom. The summed E-state index contributed by atoms with van der Waals surface area (Å²) in [4.78, 5) is 27.3. The van der Waals surface area contributed by atoms with Crippen molar-refractivity contribution in [3.05, 3.63) is 76.2 Å². The van der Waals surface area contributed by atoms with Crippen molar-refractivity contribution >= 4 is 5.91 Å². The van der Waals surface area contributed by atoms with Crippen LogP contribution in [0.15, 0.2) is 59.4 Å². The van der Waals surface area contributed by atoms with Gasteiger partial charge in [0.05, 0.1) is 6.61 Å². The molecule has 0 aliphatic heterocycles. The van der Waals surface area contributed by atoms with E-state index in [1.807, 2.05) is 42.5 Å². The molecule has 0 fully saturated rings. The summed E-state index contributed by atoms with van der Waals surface area (Å²) in [6.45, 7) is 3.36. The summed E-state index contributed by atoms with van der Waals surface area (Å²) in [6, 6.07) is 17.6.